The van der Waals surface area contributed by atoms with Gasteiger partial charge in [-0.15, -0.1) is 0 Å². The number of aromatic nitrogens is 2. The van der Waals surface area contributed by atoms with Gasteiger partial charge in [0, 0.05) is 17.3 Å². The lowest BCUT2D eigenvalue weighted by Gasteiger charge is -2.16. The van der Waals surface area contributed by atoms with E-state index in [1.165, 1.54) is 21.2 Å². The molecule has 10 heteroatoms. The maximum atomic E-state index is 13.4. The number of halogens is 1. The van der Waals surface area contributed by atoms with Gasteiger partial charge in [0.2, 0.25) is 5.91 Å². The molecule has 0 atom stereocenters. The topological polar surface area (TPSA) is 93.5 Å². The number of hydrogen-bond acceptors (Lipinski definition) is 6. The molecule has 1 saturated heterocycles. The van der Waals surface area contributed by atoms with Gasteiger partial charge < -0.3 is 10.1 Å². The number of amides is 3. The molecule has 2 aromatic carbocycles. The summed E-state index contributed by atoms with van der Waals surface area (Å²) in [5, 5.41) is 3.91. The summed E-state index contributed by atoms with van der Waals surface area (Å²) >= 11 is 7.47. The molecule has 1 aromatic heterocycles. The molecule has 1 fully saturated rings. The van der Waals surface area contributed by atoms with Crippen molar-refractivity contribution in [3.8, 4) is 11.4 Å². The summed E-state index contributed by atoms with van der Waals surface area (Å²) in [6.45, 7) is 0.336. The number of methoxy groups -OCH3 is 1. The van der Waals surface area contributed by atoms with Crippen molar-refractivity contribution in [2.24, 2.45) is 0 Å². The quantitative estimate of drug-likeness (QED) is 0.253. The van der Waals surface area contributed by atoms with E-state index in [2.05, 4.69) is 10.3 Å². The third-order valence-electron chi connectivity index (χ3n) is 4.82. The number of carbonyl (C=O) groups excluding carboxylic acids is 2. The number of para-hydroxylation sites is 2. The highest BCUT2D eigenvalue weighted by atomic mass is 35.5. The van der Waals surface area contributed by atoms with E-state index in [-0.39, 0.29) is 24.0 Å². The summed E-state index contributed by atoms with van der Waals surface area (Å²) in [4.78, 5) is 42.6. The standard InChI is InChI=1S/C21H19ClN4O4S/c1-30-17-6-3-2-5-16(17)26-19(28)14-8-7-13(22)11-15(14)24-21(26)31-10-4-9-25-18(27)12-23-20(25)29/h2-3,5-8,11H,4,9-10,12H2,1H3,(H,23,29). The first-order chi connectivity index (χ1) is 15.0. The Morgan fingerprint density at radius 2 is 2.00 bits per heavy atom. The van der Waals surface area contributed by atoms with Crippen molar-refractivity contribution >= 4 is 46.2 Å². The highest BCUT2D eigenvalue weighted by Crippen LogP contribution is 2.28. The highest BCUT2D eigenvalue weighted by Gasteiger charge is 2.27. The average Bonchev–Trinajstić information content (AvgIpc) is 3.08. The Bertz CT molecular complexity index is 1210. The zero-order valence-corrected chi connectivity index (χ0v) is 18.2. The van der Waals surface area contributed by atoms with E-state index < -0.39 is 0 Å². The number of imide groups is 1. The lowest BCUT2D eigenvalue weighted by atomic mass is 10.2. The van der Waals surface area contributed by atoms with Gasteiger partial charge in [0.05, 0.1) is 30.2 Å². The minimum Gasteiger partial charge on any atom is -0.495 e. The van der Waals surface area contributed by atoms with Gasteiger partial charge in [-0.3, -0.25) is 19.1 Å². The van der Waals surface area contributed by atoms with Gasteiger partial charge in [-0.2, -0.15) is 0 Å². The maximum absolute atomic E-state index is 13.4. The van der Waals surface area contributed by atoms with Crippen LogP contribution >= 0.6 is 23.4 Å². The largest absolute Gasteiger partial charge is 0.495 e. The zero-order chi connectivity index (χ0) is 22.0. The Labute approximate surface area is 187 Å². The van der Waals surface area contributed by atoms with E-state index >= 15 is 0 Å². The number of nitrogens with one attached hydrogen (secondary N) is 1. The first-order valence-electron chi connectivity index (χ1n) is 9.56. The monoisotopic (exact) mass is 458 g/mol. The molecule has 160 valence electrons. The van der Waals surface area contributed by atoms with Crippen LogP contribution in [-0.4, -0.2) is 52.3 Å². The number of hydrogen-bond donors (Lipinski definition) is 1. The second-order valence-corrected chi connectivity index (χ2v) is 8.27. The lowest BCUT2D eigenvalue weighted by molar-refractivity contribution is -0.124. The minimum atomic E-state index is -0.376. The van der Waals surface area contributed by atoms with Crippen LogP contribution in [0.2, 0.25) is 5.02 Å². The van der Waals surface area contributed by atoms with Gasteiger partial charge in [-0.05, 0) is 36.8 Å². The fourth-order valence-electron chi connectivity index (χ4n) is 3.33. The summed E-state index contributed by atoms with van der Waals surface area (Å²) in [7, 11) is 1.54. The molecule has 0 unspecified atom stereocenters. The number of benzene rings is 2. The molecule has 31 heavy (non-hydrogen) atoms. The molecule has 1 aliphatic rings. The van der Waals surface area contributed by atoms with Gasteiger partial charge >= 0.3 is 6.03 Å². The predicted octanol–water partition coefficient (Wildman–Crippen LogP) is 3.08. The van der Waals surface area contributed by atoms with Crippen molar-refractivity contribution in [1.29, 1.82) is 0 Å². The van der Waals surface area contributed by atoms with Crippen molar-refractivity contribution in [3.63, 3.8) is 0 Å². The molecule has 3 amide bonds. The lowest BCUT2D eigenvalue weighted by Crippen LogP contribution is -2.32. The Kier molecular flexibility index (Phi) is 6.15. The summed E-state index contributed by atoms with van der Waals surface area (Å²) < 4.78 is 6.97. The molecule has 1 aliphatic heterocycles. The number of carbonyl (C=O) groups is 2. The normalized spacial score (nSPS) is 13.7. The van der Waals surface area contributed by atoms with Crippen molar-refractivity contribution in [2.75, 3.05) is 26.0 Å². The van der Waals surface area contributed by atoms with Gasteiger partial charge in [-0.25, -0.2) is 9.78 Å². The van der Waals surface area contributed by atoms with Gasteiger partial charge in [-0.1, -0.05) is 35.5 Å². The molecule has 8 nitrogen and oxygen atoms in total. The van der Waals surface area contributed by atoms with Crippen LogP contribution in [0, 0.1) is 0 Å². The van der Waals surface area contributed by atoms with Crippen molar-refractivity contribution in [2.45, 2.75) is 11.6 Å². The number of rotatable bonds is 7. The number of urea groups is 1. The van der Waals surface area contributed by atoms with Crippen LogP contribution in [0.5, 0.6) is 5.75 Å². The summed E-state index contributed by atoms with van der Waals surface area (Å²) in [6, 6.07) is 11.8. The molecule has 0 aliphatic carbocycles. The summed E-state index contributed by atoms with van der Waals surface area (Å²) in [5.74, 6) is 0.852. The Balaban J connectivity index is 1.68. The van der Waals surface area contributed by atoms with Crippen LogP contribution < -0.4 is 15.6 Å². The molecule has 2 heterocycles. The summed E-state index contributed by atoms with van der Waals surface area (Å²) in [6.07, 6.45) is 0.555. The fraction of sp³-hybridized carbons (Fsp3) is 0.238. The third kappa shape index (κ3) is 4.24. The SMILES string of the molecule is COc1ccccc1-n1c(SCCCN2C(=O)CNC2=O)nc2cc(Cl)ccc2c1=O. The fourth-order valence-corrected chi connectivity index (χ4v) is 4.43. The van der Waals surface area contributed by atoms with E-state index in [0.29, 0.717) is 51.2 Å². The first kappa shape index (κ1) is 21.2. The molecule has 0 spiro atoms. The van der Waals surface area contributed by atoms with Gasteiger partial charge in [0.25, 0.3) is 5.56 Å². The Morgan fingerprint density at radius 3 is 2.74 bits per heavy atom. The van der Waals surface area contributed by atoms with E-state index in [0.717, 1.165) is 0 Å². The predicted molar refractivity (Wildman–Crippen MR) is 119 cm³/mol. The highest BCUT2D eigenvalue weighted by molar-refractivity contribution is 7.99. The molecule has 0 bridgehead atoms. The minimum absolute atomic E-state index is 0.0340. The molecular formula is C21H19ClN4O4S. The number of fused-ring (bicyclic) bond motifs is 1. The van der Waals surface area contributed by atoms with Crippen LogP contribution in [0.3, 0.4) is 0 Å². The van der Waals surface area contributed by atoms with Crippen molar-refractivity contribution in [3.05, 3.63) is 57.8 Å². The average molecular weight is 459 g/mol. The molecule has 1 N–H and O–H groups in total. The smallest absolute Gasteiger partial charge is 0.324 e. The summed E-state index contributed by atoms with van der Waals surface area (Å²) in [5.41, 5.74) is 0.846. The molecule has 4 rings (SSSR count). The number of ether oxygens (including phenoxy) is 1. The van der Waals surface area contributed by atoms with E-state index in [4.69, 9.17) is 16.3 Å². The van der Waals surface area contributed by atoms with Crippen molar-refractivity contribution < 1.29 is 14.3 Å². The van der Waals surface area contributed by atoms with E-state index in [9.17, 15) is 14.4 Å². The van der Waals surface area contributed by atoms with E-state index in [1.807, 2.05) is 12.1 Å². The Morgan fingerprint density at radius 1 is 1.19 bits per heavy atom. The molecule has 3 aromatic rings. The zero-order valence-electron chi connectivity index (χ0n) is 16.6. The van der Waals surface area contributed by atoms with Crippen molar-refractivity contribution in [1.82, 2.24) is 19.8 Å². The second kappa shape index (κ2) is 8.99. The van der Waals surface area contributed by atoms with Crippen LogP contribution in [0.15, 0.2) is 52.4 Å². The van der Waals surface area contributed by atoms with Crippen LogP contribution in [0.25, 0.3) is 16.6 Å². The third-order valence-corrected chi connectivity index (χ3v) is 6.08. The molecule has 0 saturated carbocycles. The Hall–Kier alpha value is -3.04. The van der Waals surface area contributed by atoms with Crippen LogP contribution in [0.4, 0.5) is 4.79 Å². The van der Waals surface area contributed by atoms with Crippen LogP contribution in [-0.2, 0) is 4.79 Å². The number of thioether (sulfide) groups is 1. The molecule has 0 radical (unpaired) electrons. The number of nitrogens with zero attached hydrogens (tertiary/aromatic N) is 3. The first-order valence-corrected chi connectivity index (χ1v) is 10.9. The molecular weight excluding hydrogens is 440 g/mol. The second-order valence-electron chi connectivity index (χ2n) is 6.77. The van der Waals surface area contributed by atoms with Gasteiger partial charge in [0.1, 0.15) is 5.75 Å². The van der Waals surface area contributed by atoms with Gasteiger partial charge in [0.15, 0.2) is 5.16 Å². The van der Waals surface area contributed by atoms with E-state index in [1.54, 1.807) is 37.4 Å². The van der Waals surface area contributed by atoms with Crippen LogP contribution in [0.1, 0.15) is 6.42 Å². The maximum Gasteiger partial charge on any atom is 0.324 e.